The van der Waals surface area contributed by atoms with E-state index in [0.717, 1.165) is 22.2 Å². The summed E-state index contributed by atoms with van der Waals surface area (Å²) in [5, 5.41) is 5.23. The Hall–Kier alpha value is -1.36. The molecular weight excluding hydrogens is 325 g/mol. The number of nitrogens with zero attached hydrogens (tertiary/aromatic N) is 1. The second-order valence-corrected chi connectivity index (χ2v) is 5.28. The summed E-state index contributed by atoms with van der Waals surface area (Å²) in [6.07, 6.45) is 0. The van der Waals surface area contributed by atoms with Gasteiger partial charge < -0.3 is 4.52 Å². The lowest BCUT2D eigenvalue weighted by Gasteiger charge is -1.98. The van der Waals surface area contributed by atoms with Crippen LogP contribution in [0.1, 0.15) is 5.56 Å². The SMILES string of the molecule is Cc1ccc(-c2noc3ccc(I)cc23)cc1. The lowest BCUT2D eigenvalue weighted by atomic mass is 10.1. The van der Waals surface area contributed by atoms with Crippen LogP contribution in [0.4, 0.5) is 0 Å². The Labute approximate surface area is 113 Å². The molecule has 3 heteroatoms. The molecule has 0 atom stereocenters. The van der Waals surface area contributed by atoms with E-state index in [1.165, 1.54) is 9.13 Å². The number of hydrogen-bond donors (Lipinski definition) is 0. The van der Waals surface area contributed by atoms with Gasteiger partial charge in [0.15, 0.2) is 5.58 Å². The number of hydrogen-bond acceptors (Lipinski definition) is 2. The summed E-state index contributed by atoms with van der Waals surface area (Å²) in [6, 6.07) is 14.4. The number of aromatic nitrogens is 1. The maximum atomic E-state index is 5.34. The van der Waals surface area contributed by atoms with Crippen LogP contribution < -0.4 is 0 Å². The van der Waals surface area contributed by atoms with Crippen LogP contribution in [0, 0.1) is 10.5 Å². The number of benzene rings is 2. The lowest BCUT2D eigenvalue weighted by molar-refractivity contribution is 0.459. The molecule has 0 spiro atoms. The maximum Gasteiger partial charge on any atom is 0.167 e. The Morgan fingerprint density at radius 2 is 1.82 bits per heavy atom. The van der Waals surface area contributed by atoms with E-state index in [2.05, 4.69) is 65.0 Å². The quantitative estimate of drug-likeness (QED) is 0.616. The van der Waals surface area contributed by atoms with Crippen molar-refractivity contribution in [2.45, 2.75) is 6.92 Å². The molecule has 3 rings (SSSR count). The molecule has 0 fully saturated rings. The molecule has 2 nitrogen and oxygen atoms in total. The molecule has 0 aliphatic carbocycles. The van der Waals surface area contributed by atoms with E-state index in [0.29, 0.717) is 0 Å². The minimum Gasteiger partial charge on any atom is -0.356 e. The van der Waals surface area contributed by atoms with E-state index in [4.69, 9.17) is 4.52 Å². The summed E-state index contributed by atoms with van der Waals surface area (Å²) in [6.45, 7) is 2.08. The Morgan fingerprint density at radius 3 is 2.59 bits per heavy atom. The van der Waals surface area contributed by atoms with Gasteiger partial charge in [0.25, 0.3) is 0 Å². The molecule has 1 aromatic heterocycles. The third-order valence-corrected chi connectivity index (χ3v) is 3.43. The Kier molecular flexibility index (Phi) is 2.63. The van der Waals surface area contributed by atoms with Crippen LogP contribution in [-0.4, -0.2) is 5.16 Å². The van der Waals surface area contributed by atoms with Crippen LogP contribution in [0.3, 0.4) is 0 Å². The molecule has 0 N–H and O–H groups in total. The first-order chi connectivity index (χ1) is 8.24. The summed E-state index contributed by atoms with van der Waals surface area (Å²) in [7, 11) is 0. The van der Waals surface area contributed by atoms with Gasteiger partial charge >= 0.3 is 0 Å². The van der Waals surface area contributed by atoms with Crippen molar-refractivity contribution in [3.05, 3.63) is 51.6 Å². The van der Waals surface area contributed by atoms with Gasteiger partial charge in [-0.15, -0.1) is 0 Å². The summed E-state index contributed by atoms with van der Waals surface area (Å²) < 4.78 is 6.52. The molecule has 0 aliphatic heterocycles. The molecule has 0 amide bonds. The molecule has 0 saturated carbocycles. The summed E-state index contributed by atoms with van der Waals surface area (Å²) in [4.78, 5) is 0. The van der Waals surface area contributed by atoms with Gasteiger partial charge in [0.05, 0.1) is 5.39 Å². The summed E-state index contributed by atoms with van der Waals surface area (Å²) >= 11 is 2.30. The largest absolute Gasteiger partial charge is 0.356 e. The molecule has 0 unspecified atom stereocenters. The zero-order chi connectivity index (χ0) is 11.8. The second-order valence-electron chi connectivity index (χ2n) is 4.04. The predicted molar refractivity (Wildman–Crippen MR) is 76.9 cm³/mol. The highest BCUT2D eigenvalue weighted by molar-refractivity contribution is 14.1. The van der Waals surface area contributed by atoms with Crippen molar-refractivity contribution in [3.8, 4) is 11.3 Å². The Balaban J connectivity index is 2.23. The van der Waals surface area contributed by atoms with Crippen molar-refractivity contribution in [3.63, 3.8) is 0 Å². The van der Waals surface area contributed by atoms with Crippen LogP contribution in [-0.2, 0) is 0 Å². The second kappa shape index (κ2) is 4.14. The van der Waals surface area contributed by atoms with Gasteiger partial charge in [0, 0.05) is 9.13 Å². The number of halogens is 1. The van der Waals surface area contributed by atoms with E-state index >= 15 is 0 Å². The third-order valence-electron chi connectivity index (χ3n) is 2.76. The molecule has 84 valence electrons. The highest BCUT2D eigenvalue weighted by atomic mass is 127. The van der Waals surface area contributed by atoms with Crippen LogP contribution in [0.2, 0.25) is 0 Å². The molecule has 0 radical (unpaired) electrons. The van der Waals surface area contributed by atoms with E-state index in [-0.39, 0.29) is 0 Å². The van der Waals surface area contributed by atoms with Gasteiger partial charge in [0.2, 0.25) is 0 Å². The Bertz CT molecular complexity index is 670. The minimum atomic E-state index is 0.834. The molecule has 0 saturated heterocycles. The van der Waals surface area contributed by atoms with Crippen molar-refractivity contribution in [1.82, 2.24) is 5.16 Å². The van der Waals surface area contributed by atoms with Crippen molar-refractivity contribution in [2.75, 3.05) is 0 Å². The van der Waals surface area contributed by atoms with Gasteiger partial charge in [-0.25, -0.2) is 0 Å². The highest BCUT2D eigenvalue weighted by Gasteiger charge is 2.10. The average molecular weight is 335 g/mol. The standard InChI is InChI=1S/C14H10INO/c1-9-2-4-10(5-3-9)14-12-8-11(15)6-7-13(12)17-16-14/h2-8H,1H3. The van der Waals surface area contributed by atoms with Crippen molar-refractivity contribution >= 4 is 33.6 Å². The maximum absolute atomic E-state index is 5.34. The van der Waals surface area contributed by atoms with Crippen LogP contribution in [0.25, 0.3) is 22.2 Å². The average Bonchev–Trinajstić information content (AvgIpc) is 2.73. The smallest absolute Gasteiger partial charge is 0.167 e. The van der Waals surface area contributed by atoms with Crippen molar-refractivity contribution < 1.29 is 4.52 Å². The number of aryl methyl sites for hydroxylation is 1. The molecule has 0 bridgehead atoms. The van der Waals surface area contributed by atoms with E-state index in [1.807, 2.05) is 12.1 Å². The third kappa shape index (κ3) is 1.95. The van der Waals surface area contributed by atoms with Gasteiger partial charge in [-0.05, 0) is 47.7 Å². The first-order valence-corrected chi connectivity index (χ1v) is 6.44. The lowest BCUT2D eigenvalue weighted by Crippen LogP contribution is -1.79. The van der Waals surface area contributed by atoms with Crippen LogP contribution >= 0.6 is 22.6 Å². The zero-order valence-electron chi connectivity index (χ0n) is 9.27. The van der Waals surface area contributed by atoms with Gasteiger partial charge in [-0.3, -0.25) is 0 Å². The van der Waals surface area contributed by atoms with Crippen LogP contribution in [0.5, 0.6) is 0 Å². The van der Waals surface area contributed by atoms with Crippen molar-refractivity contribution in [2.24, 2.45) is 0 Å². The van der Waals surface area contributed by atoms with E-state index in [9.17, 15) is 0 Å². The zero-order valence-corrected chi connectivity index (χ0v) is 11.4. The number of fused-ring (bicyclic) bond motifs is 1. The van der Waals surface area contributed by atoms with Crippen molar-refractivity contribution in [1.29, 1.82) is 0 Å². The van der Waals surface area contributed by atoms with E-state index in [1.54, 1.807) is 0 Å². The fourth-order valence-corrected chi connectivity index (χ4v) is 2.32. The first-order valence-electron chi connectivity index (χ1n) is 5.36. The molecular formula is C14H10INO. The Morgan fingerprint density at radius 1 is 1.06 bits per heavy atom. The highest BCUT2D eigenvalue weighted by Crippen LogP contribution is 2.29. The van der Waals surface area contributed by atoms with Gasteiger partial charge in [-0.1, -0.05) is 35.0 Å². The first kappa shape index (κ1) is 10.8. The van der Waals surface area contributed by atoms with Gasteiger partial charge in [0.1, 0.15) is 5.69 Å². The molecule has 1 heterocycles. The topological polar surface area (TPSA) is 26.0 Å². The summed E-state index contributed by atoms with van der Waals surface area (Å²) in [5.74, 6) is 0. The molecule has 0 aliphatic rings. The fourth-order valence-electron chi connectivity index (χ4n) is 1.83. The number of rotatable bonds is 1. The monoisotopic (exact) mass is 335 g/mol. The van der Waals surface area contributed by atoms with E-state index < -0.39 is 0 Å². The molecule has 17 heavy (non-hydrogen) atoms. The minimum absolute atomic E-state index is 0.834. The fraction of sp³-hybridized carbons (Fsp3) is 0.0714. The molecule has 3 aromatic rings. The van der Waals surface area contributed by atoms with Gasteiger partial charge in [-0.2, -0.15) is 0 Å². The van der Waals surface area contributed by atoms with Crippen LogP contribution in [0.15, 0.2) is 47.0 Å². The predicted octanol–water partition coefficient (Wildman–Crippen LogP) is 4.41. The molecule has 2 aromatic carbocycles. The normalized spacial score (nSPS) is 10.9. The summed E-state index contributed by atoms with van der Waals surface area (Å²) in [5.41, 5.74) is 4.09.